The van der Waals surface area contributed by atoms with Crippen molar-refractivity contribution in [3.63, 3.8) is 0 Å². The van der Waals surface area contributed by atoms with Crippen molar-refractivity contribution in [1.82, 2.24) is 15.5 Å². The molecule has 0 aliphatic carbocycles. The average molecular weight is 406 g/mol. The number of aromatic hydroxyl groups is 1. The number of carbonyl (C=O) groups is 1. The molecule has 8 heteroatoms. The minimum Gasteiger partial charge on any atom is -0.506 e. The Morgan fingerprint density at radius 1 is 1.15 bits per heavy atom. The van der Waals surface area contributed by atoms with Crippen LogP contribution in [0.2, 0.25) is 5.02 Å². The Bertz CT molecular complexity index is 958. The van der Waals surface area contributed by atoms with Gasteiger partial charge >= 0.3 is 0 Å². The number of aromatic nitrogens is 2. The fourth-order valence-electron chi connectivity index (χ4n) is 2.09. The number of phenols is 1. The van der Waals surface area contributed by atoms with Crippen molar-refractivity contribution in [3.8, 4) is 5.75 Å². The van der Waals surface area contributed by atoms with Gasteiger partial charge in [-0.3, -0.25) is 4.79 Å². The van der Waals surface area contributed by atoms with Gasteiger partial charge in [-0.05, 0) is 29.3 Å². The largest absolute Gasteiger partial charge is 0.506 e. The van der Waals surface area contributed by atoms with Crippen LogP contribution in [0.5, 0.6) is 5.75 Å². The lowest BCUT2D eigenvalue weighted by molar-refractivity contribution is 0.0950. The van der Waals surface area contributed by atoms with Gasteiger partial charge in [0.15, 0.2) is 5.01 Å². The van der Waals surface area contributed by atoms with Gasteiger partial charge in [-0.1, -0.05) is 70.9 Å². The first-order valence-corrected chi connectivity index (χ1v) is 9.12. The average Bonchev–Trinajstić information content (AvgIpc) is 3.14. The van der Waals surface area contributed by atoms with Crippen LogP contribution in [-0.4, -0.2) is 21.2 Å². The van der Waals surface area contributed by atoms with E-state index in [4.69, 9.17) is 23.2 Å². The number of halogens is 2. The van der Waals surface area contributed by atoms with Gasteiger partial charge in [0.25, 0.3) is 5.91 Å². The highest BCUT2D eigenvalue weighted by molar-refractivity contribution is 7.15. The van der Waals surface area contributed by atoms with Gasteiger partial charge in [-0.25, -0.2) is 0 Å². The Labute approximate surface area is 163 Å². The maximum Gasteiger partial charge on any atom is 0.282 e. The molecule has 0 unspecified atom stereocenters. The lowest BCUT2D eigenvalue weighted by atomic mass is 10.2. The molecule has 1 amide bonds. The molecule has 0 bridgehead atoms. The van der Waals surface area contributed by atoms with E-state index in [2.05, 4.69) is 15.5 Å². The van der Waals surface area contributed by atoms with Crippen LogP contribution in [0.1, 0.15) is 25.9 Å². The Hall–Kier alpha value is -2.41. The Morgan fingerprint density at radius 3 is 2.62 bits per heavy atom. The normalized spacial score (nSPS) is 11.4. The Kier molecular flexibility index (Phi) is 5.88. The molecule has 0 fully saturated rings. The summed E-state index contributed by atoms with van der Waals surface area (Å²) in [5, 5.41) is 21.3. The van der Waals surface area contributed by atoms with Crippen molar-refractivity contribution in [2.75, 3.05) is 0 Å². The molecule has 26 heavy (non-hydrogen) atoms. The SMILES string of the molecule is O=C(NCc1ccccc1)c1nnc(C(Cl)=Cc2ccc(O)c(Cl)c2)s1. The number of nitrogens with one attached hydrogen (secondary N) is 1. The molecule has 3 rings (SSSR count). The summed E-state index contributed by atoms with van der Waals surface area (Å²) in [5.41, 5.74) is 1.69. The van der Waals surface area contributed by atoms with Gasteiger partial charge in [0.2, 0.25) is 5.01 Å². The maximum atomic E-state index is 12.2. The van der Waals surface area contributed by atoms with E-state index in [0.717, 1.165) is 16.9 Å². The summed E-state index contributed by atoms with van der Waals surface area (Å²) in [4.78, 5) is 12.2. The topological polar surface area (TPSA) is 75.1 Å². The molecule has 1 heterocycles. The van der Waals surface area contributed by atoms with Crippen LogP contribution in [0.4, 0.5) is 0 Å². The number of benzene rings is 2. The first-order chi connectivity index (χ1) is 12.5. The summed E-state index contributed by atoms with van der Waals surface area (Å²) in [6.45, 7) is 0.407. The monoisotopic (exact) mass is 405 g/mol. The number of carbonyl (C=O) groups excluding carboxylic acids is 1. The molecule has 3 aromatic rings. The highest BCUT2D eigenvalue weighted by atomic mass is 35.5. The second-order valence-corrected chi connectivity index (χ2v) is 7.08. The summed E-state index contributed by atoms with van der Waals surface area (Å²) in [6, 6.07) is 14.3. The molecular weight excluding hydrogens is 393 g/mol. The van der Waals surface area contributed by atoms with Crippen molar-refractivity contribution >= 4 is 51.6 Å². The summed E-state index contributed by atoms with van der Waals surface area (Å²) in [6.07, 6.45) is 1.64. The number of nitrogens with zero attached hydrogens (tertiary/aromatic N) is 2. The van der Waals surface area contributed by atoms with Crippen LogP contribution >= 0.6 is 34.5 Å². The van der Waals surface area contributed by atoms with Gasteiger partial charge in [0.05, 0.1) is 10.1 Å². The maximum absolute atomic E-state index is 12.2. The molecule has 0 aliphatic rings. The zero-order valence-corrected chi connectivity index (χ0v) is 15.6. The highest BCUT2D eigenvalue weighted by Gasteiger charge is 2.14. The summed E-state index contributed by atoms with van der Waals surface area (Å²) in [5.74, 6) is -0.317. The number of phenolic OH excluding ortho intramolecular Hbond substituents is 1. The van der Waals surface area contributed by atoms with Gasteiger partial charge in [0.1, 0.15) is 5.75 Å². The molecule has 0 radical (unpaired) electrons. The molecule has 0 atom stereocenters. The molecule has 0 saturated carbocycles. The fraction of sp³-hybridized carbons (Fsp3) is 0.0556. The quantitative estimate of drug-likeness (QED) is 0.651. The molecule has 132 valence electrons. The Balaban J connectivity index is 1.69. The first-order valence-electron chi connectivity index (χ1n) is 7.54. The van der Waals surface area contributed by atoms with Gasteiger partial charge in [-0.15, -0.1) is 10.2 Å². The zero-order valence-electron chi connectivity index (χ0n) is 13.3. The summed E-state index contributed by atoms with van der Waals surface area (Å²) < 4.78 is 0. The van der Waals surface area contributed by atoms with E-state index in [1.807, 2.05) is 30.3 Å². The fourth-order valence-corrected chi connectivity index (χ4v) is 3.22. The van der Waals surface area contributed by atoms with Gasteiger partial charge in [-0.2, -0.15) is 0 Å². The molecule has 2 aromatic carbocycles. The van der Waals surface area contributed by atoms with E-state index in [1.54, 1.807) is 18.2 Å². The molecule has 0 aliphatic heterocycles. The second-order valence-electron chi connectivity index (χ2n) is 5.28. The third-order valence-corrected chi connectivity index (χ3v) is 5.04. The predicted molar refractivity (Wildman–Crippen MR) is 104 cm³/mol. The van der Waals surface area contributed by atoms with Crippen molar-refractivity contribution in [1.29, 1.82) is 0 Å². The van der Waals surface area contributed by atoms with Crippen molar-refractivity contribution in [2.45, 2.75) is 6.54 Å². The van der Waals surface area contributed by atoms with E-state index >= 15 is 0 Å². The first kappa shape index (κ1) is 18.4. The third kappa shape index (κ3) is 4.60. The minimum atomic E-state index is -0.310. The summed E-state index contributed by atoms with van der Waals surface area (Å²) >= 11 is 13.2. The molecular formula is C18H13Cl2N3O2S. The van der Waals surface area contributed by atoms with Crippen molar-refractivity contribution in [2.24, 2.45) is 0 Å². The van der Waals surface area contributed by atoms with E-state index in [-0.39, 0.29) is 21.7 Å². The molecule has 0 spiro atoms. The number of amides is 1. The van der Waals surface area contributed by atoms with E-state index < -0.39 is 0 Å². The predicted octanol–water partition coefficient (Wildman–Crippen LogP) is 4.56. The minimum absolute atomic E-state index is 0.00627. The number of hydrogen-bond donors (Lipinski definition) is 2. The highest BCUT2D eigenvalue weighted by Crippen LogP contribution is 2.29. The Morgan fingerprint density at radius 2 is 1.88 bits per heavy atom. The molecule has 2 N–H and O–H groups in total. The molecule has 5 nitrogen and oxygen atoms in total. The van der Waals surface area contributed by atoms with E-state index in [1.165, 1.54) is 6.07 Å². The third-order valence-electron chi connectivity index (χ3n) is 3.38. The lowest BCUT2D eigenvalue weighted by Gasteiger charge is -2.02. The van der Waals surface area contributed by atoms with E-state index in [9.17, 15) is 9.90 Å². The zero-order chi connectivity index (χ0) is 18.5. The van der Waals surface area contributed by atoms with Crippen molar-refractivity contribution < 1.29 is 9.90 Å². The van der Waals surface area contributed by atoms with E-state index in [0.29, 0.717) is 22.1 Å². The van der Waals surface area contributed by atoms with Crippen LogP contribution in [-0.2, 0) is 6.54 Å². The van der Waals surface area contributed by atoms with Crippen LogP contribution < -0.4 is 5.32 Å². The summed E-state index contributed by atoms with van der Waals surface area (Å²) in [7, 11) is 0. The smallest absolute Gasteiger partial charge is 0.282 e. The second kappa shape index (κ2) is 8.31. The lowest BCUT2D eigenvalue weighted by Crippen LogP contribution is -2.22. The van der Waals surface area contributed by atoms with Crippen LogP contribution in [0.15, 0.2) is 48.5 Å². The van der Waals surface area contributed by atoms with Gasteiger partial charge < -0.3 is 10.4 Å². The number of hydrogen-bond acceptors (Lipinski definition) is 5. The van der Waals surface area contributed by atoms with Crippen LogP contribution in [0.25, 0.3) is 11.1 Å². The molecule has 1 aromatic heterocycles. The van der Waals surface area contributed by atoms with Crippen LogP contribution in [0.3, 0.4) is 0 Å². The van der Waals surface area contributed by atoms with Crippen molar-refractivity contribution in [3.05, 3.63) is 74.7 Å². The van der Waals surface area contributed by atoms with Crippen LogP contribution in [0, 0.1) is 0 Å². The number of rotatable bonds is 5. The van der Waals surface area contributed by atoms with Gasteiger partial charge in [0, 0.05) is 6.54 Å². The standard InChI is InChI=1S/C18H13Cl2N3O2S/c19-13-8-12(6-7-15(13)24)9-14(20)17-22-23-18(26-17)16(25)21-10-11-4-2-1-3-5-11/h1-9,24H,10H2,(H,21,25). The molecule has 0 saturated heterocycles.